The summed E-state index contributed by atoms with van der Waals surface area (Å²) in [6.45, 7) is 9.50. The number of aryl methyl sites for hydroxylation is 1. The van der Waals surface area contributed by atoms with Crippen LogP contribution in [0.4, 0.5) is 0 Å². The number of esters is 2. The molecule has 0 bridgehead atoms. The second-order valence-corrected chi connectivity index (χ2v) is 12.2. The SMILES string of the molecule is C=C(CCO)C(=O)Oc1cc(OC(=O)C(C)CCO)cc(-c2ccc(C3CCC(CCCCCCC)CC3)cc2CC)c1. The number of ether oxygens (including phenoxy) is 2. The van der Waals surface area contributed by atoms with Gasteiger partial charge in [-0.1, -0.05) is 84.1 Å². The van der Waals surface area contributed by atoms with E-state index in [1.807, 2.05) is 0 Å². The molecule has 0 aromatic heterocycles. The van der Waals surface area contributed by atoms with Crippen molar-refractivity contribution < 1.29 is 29.3 Å². The molecule has 0 aliphatic heterocycles. The van der Waals surface area contributed by atoms with Gasteiger partial charge in [0.25, 0.3) is 0 Å². The molecule has 2 aromatic carbocycles. The molecule has 0 saturated heterocycles. The molecule has 2 aromatic rings. The number of unbranched alkanes of at least 4 members (excludes halogenated alkanes) is 4. The number of aliphatic hydroxyl groups excluding tert-OH is 2. The standard InChI is InChI=1S/C37H52O6/c1-5-7-8-9-10-11-28-12-14-30(15-13-28)31-16-17-35(29(6-2)22-31)32-23-33(42-36(40)26(3)18-20-38)25-34(24-32)43-37(41)27(4)19-21-39/h16-17,22-25,27-28,30,38-39H,3,5-15,18-21H2,1-2,4H3. The zero-order valence-electron chi connectivity index (χ0n) is 26.5. The van der Waals surface area contributed by atoms with Crippen LogP contribution in [-0.2, 0) is 16.0 Å². The predicted molar refractivity (Wildman–Crippen MR) is 172 cm³/mol. The van der Waals surface area contributed by atoms with Crippen LogP contribution in [0.1, 0.15) is 115 Å². The van der Waals surface area contributed by atoms with E-state index < -0.39 is 17.9 Å². The monoisotopic (exact) mass is 592 g/mol. The summed E-state index contributed by atoms with van der Waals surface area (Å²) >= 11 is 0. The third kappa shape index (κ3) is 10.6. The molecule has 0 amide bonds. The second-order valence-electron chi connectivity index (χ2n) is 12.2. The molecule has 1 aliphatic rings. The van der Waals surface area contributed by atoms with E-state index in [0.717, 1.165) is 23.5 Å². The average Bonchev–Trinajstić information content (AvgIpc) is 3.01. The molecule has 3 rings (SSSR count). The molecule has 0 radical (unpaired) electrons. The minimum absolute atomic E-state index is 0.112. The maximum absolute atomic E-state index is 12.7. The van der Waals surface area contributed by atoms with Crippen molar-refractivity contribution in [3.63, 3.8) is 0 Å². The molecule has 6 nitrogen and oxygen atoms in total. The molecule has 1 unspecified atom stereocenters. The van der Waals surface area contributed by atoms with Gasteiger partial charge in [-0.3, -0.25) is 4.79 Å². The molecule has 6 heteroatoms. The number of carbonyl (C=O) groups is 2. The molecule has 1 fully saturated rings. The Hall–Kier alpha value is -2.96. The van der Waals surface area contributed by atoms with Crippen molar-refractivity contribution >= 4 is 11.9 Å². The molecule has 2 N–H and O–H groups in total. The Kier molecular flexibility index (Phi) is 14.4. The van der Waals surface area contributed by atoms with Gasteiger partial charge in [0.15, 0.2) is 0 Å². The first-order chi connectivity index (χ1) is 20.8. The third-order valence-electron chi connectivity index (χ3n) is 8.83. The fraction of sp³-hybridized carbons (Fsp3) is 0.568. The van der Waals surface area contributed by atoms with Crippen LogP contribution in [0, 0.1) is 11.8 Å². The van der Waals surface area contributed by atoms with Crippen molar-refractivity contribution in [2.75, 3.05) is 13.2 Å². The van der Waals surface area contributed by atoms with Crippen LogP contribution in [0.3, 0.4) is 0 Å². The van der Waals surface area contributed by atoms with Crippen molar-refractivity contribution in [2.24, 2.45) is 11.8 Å². The summed E-state index contributed by atoms with van der Waals surface area (Å²) in [5.41, 5.74) is 4.52. The predicted octanol–water partition coefficient (Wildman–Crippen LogP) is 8.32. The second kappa shape index (κ2) is 18.0. The van der Waals surface area contributed by atoms with E-state index in [2.05, 4.69) is 38.6 Å². The summed E-state index contributed by atoms with van der Waals surface area (Å²) < 4.78 is 11.3. The molecule has 0 spiro atoms. The van der Waals surface area contributed by atoms with Crippen LogP contribution in [-0.4, -0.2) is 35.4 Å². The van der Waals surface area contributed by atoms with Gasteiger partial charge in [0.05, 0.1) is 5.92 Å². The normalized spacial score (nSPS) is 17.3. The highest BCUT2D eigenvalue weighted by molar-refractivity contribution is 5.90. The van der Waals surface area contributed by atoms with E-state index in [-0.39, 0.29) is 36.7 Å². The van der Waals surface area contributed by atoms with Gasteiger partial charge in [-0.15, -0.1) is 0 Å². The fourth-order valence-corrected chi connectivity index (χ4v) is 6.05. The van der Waals surface area contributed by atoms with Gasteiger partial charge in [-0.2, -0.15) is 0 Å². The first kappa shape index (κ1) is 34.5. The Morgan fingerprint density at radius 3 is 2.26 bits per heavy atom. The minimum atomic E-state index is -0.639. The van der Waals surface area contributed by atoms with Crippen molar-refractivity contribution in [3.8, 4) is 22.6 Å². The summed E-state index contributed by atoms with van der Waals surface area (Å²) in [4.78, 5) is 25.2. The van der Waals surface area contributed by atoms with Crippen molar-refractivity contribution in [1.82, 2.24) is 0 Å². The lowest BCUT2D eigenvalue weighted by Gasteiger charge is -2.29. The Bertz CT molecular complexity index is 1190. The Balaban J connectivity index is 1.80. The summed E-state index contributed by atoms with van der Waals surface area (Å²) in [6.07, 6.45) is 14.4. The average molecular weight is 593 g/mol. The van der Waals surface area contributed by atoms with Gasteiger partial charge in [0, 0.05) is 31.3 Å². The first-order valence-electron chi connectivity index (χ1n) is 16.4. The van der Waals surface area contributed by atoms with E-state index >= 15 is 0 Å². The summed E-state index contributed by atoms with van der Waals surface area (Å²) in [5.74, 6) is 0.356. The quantitative estimate of drug-likeness (QED) is 0.0830. The van der Waals surface area contributed by atoms with Gasteiger partial charge < -0.3 is 19.7 Å². The Morgan fingerprint density at radius 2 is 1.60 bits per heavy atom. The molecule has 1 saturated carbocycles. The Morgan fingerprint density at radius 1 is 0.907 bits per heavy atom. The number of rotatable bonds is 17. The number of hydrogen-bond acceptors (Lipinski definition) is 6. The molecule has 236 valence electrons. The molecular formula is C37H52O6. The summed E-state index contributed by atoms with van der Waals surface area (Å²) in [5, 5.41) is 18.4. The number of carbonyl (C=O) groups excluding carboxylic acids is 2. The molecule has 43 heavy (non-hydrogen) atoms. The molecule has 0 heterocycles. The van der Waals surface area contributed by atoms with Crippen LogP contribution in [0.5, 0.6) is 11.5 Å². The summed E-state index contributed by atoms with van der Waals surface area (Å²) in [7, 11) is 0. The lowest BCUT2D eigenvalue weighted by molar-refractivity contribution is -0.138. The van der Waals surface area contributed by atoms with Crippen LogP contribution < -0.4 is 9.47 Å². The van der Waals surface area contributed by atoms with Crippen molar-refractivity contribution in [1.29, 1.82) is 0 Å². The highest BCUT2D eigenvalue weighted by atomic mass is 16.5. The largest absolute Gasteiger partial charge is 0.426 e. The lowest BCUT2D eigenvalue weighted by atomic mass is 9.76. The maximum atomic E-state index is 12.7. The summed E-state index contributed by atoms with van der Waals surface area (Å²) in [6, 6.07) is 11.8. The third-order valence-corrected chi connectivity index (χ3v) is 8.83. The van der Waals surface area contributed by atoms with Gasteiger partial charge >= 0.3 is 11.9 Å². The van der Waals surface area contributed by atoms with Gasteiger partial charge in [0.2, 0.25) is 0 Å². The molecule has 1 atom stereocenters. The van der Waals surface area contributed by atoms with Crippen LogP contribution >= 0.6 is 0 Å². The Labute approximate surface area is 258 Å². The van der Waals surface area contributed by atoms with Crippen LogP contribution in [0.25, 0.3) is 11.1 Å². The van der Waals surface area contributed by atoms with Gasteiger partial charge in [-0.25, -0.2) is 4.79 Å². The van der Waals surface area contributed by atoms with Gasteiger partial charge in [0.1, 0.15) is 11.5 Å². The first-order valence-corrected chi connectivity index (χ1v) is 16.4. The number of hydrogen-bond donors (Lipinski definition) is 2. The highest BCUT2D eigenvalue weighted by Crippen LogP contribution is 2.40. The molecular weight excluding hydrogens is 540 g/mol. The minimum Gasteiger partial charge on any atom is -0.426 e. The zero-order chi connectivity index (χ0) is 31.2. The van der Waals surface area contributed by atoms with Crippen LogP contribution in [0.15, 0.2) is 48.6 Å². The zero-order valence-corrected chi connectivity index (χ0v) is 26.5. The smallest absolute Gasteiger partial charge is 0.338 e. The van der Waals surface area contributed by atoms with Crippen LogP contribution in [0.2, 0.25) is 0 Å². The van der Waals surface area contributed by atoms with E-state index in [4.69, 9.17) is 9.47 Å². The van der Waals surface area contributed by atoms with E-state index in [9.17, 15) is 19.8 Å². The van der Waals surface area contributed by atoms with E-state index in [1.165, 1.54) is 81.4 Å². The van der Waals surface area contributed by atoms with Crippen molar-refractivity contribution in [3.05, 3.63) is 59.7 Å². The lowest BCUT2D eigenvalue weighted by Crippen LogP contribution is -2.19. The number of benzene rings is 2. The number of aliphatic hydroxyl groups is 2. The van der Waals surface area contributed by atoms with E-state index in [0.29, 0.717) is 12.3 Å². The fourth-order valence-electron chi connectivity index (χ4n) is 6.05. The van der Waals surface area contributed by atoms with Crippen molar-refractivity contribution in [2.45, 2.75) is 110 Å². The highest BCUT2D eigenvalue weighted by Gasteiger charge is 2.23. The topological polar surface area (TPSA) is 93.1 Å². The van der Waals surface area contributed by atoms with E-state index in [1.54, 1.807) is 19.1 Å². The maximum Gasteiger partial charge on any atom is 0.338 e. The van der Waals surface area contributed by atoms with Gasteiger partial charge in [-0.05, 0) is 84.7 Å². The molecule has 1 aliphatic carbocycles.